The van der Waals surface area contributed by atoms with Crippen molar-refractivity contribution in [2.24, 2.45) is 5.41 Å². The Morgan fingerprint density at radius 2 is 2.07 bits per heavy atom. The van der Waals surface area contributed by atoms with Crippen LogP contribution in [0.4, 0.5) is 0 Å². The second-order valence-corrected chi connectivity index (χ2v) is 5.27. The molecule has 0 N–H and O–H groups in total. The fourth-order valence-electron chi connectivity index (χ4n) is 1.12. The highest BCUT2D eigenvalue weighted by Gasteiger charge is 2.05. The number of rotatable bonds is 0. The first-order valence-corrected chi connectivity index (χ1v) is 5.66. The molecule has 0 fully saturated rings. The van der Waals surface area contributed by atoms with Gasteiger partial charge in [0.1, 0.15) is 12.0 Å². The van der Waals surface area contributed by atoms with Crippen LogP contribution in [0.2, 0.25) is 0 Å². The van der Waals surface area contributed by atoms with Crippen LogP contribution in [0.3, 0.4) is 0 Å². The molecule has 0 unspecified atom stereocenters. The molecule has 0 radical (unpaired) electrons. The second kappa shape index (κ2) is 3.63. The molecule has 3 heteroatoms. The quantitative estimate of drug-likeness (QED) is 0.632. The SMILES string of the molecule is CC(C)(C)C#Cc1ncnc2ccsc12. The van der Waals surface area contributed by atoms with E-state index in [-0.39, 0.29) is 5.41 Å². The van der Waals surface area contributed by atoms with E-state index in [0.717, 1.165) is 15.9 Å². The molecule has 0 aliphatic carbocycles. The zero-order chi connectivity index (χ0) is 10.9. The van der Waals surface area contributed by atoms with Gasteiger partial charge in [0, 0.05) is 5.41 Å². The fourth-order valence-corrected chi connectivity index (χ4v) is 1.91. The van der Waals surface area contributed by atoms with Crippen molar-refractivity contribution in [2.75, 3.05) is 0 Å². The lowest BCUT2D eigenvalue weighted by Crippen LogP contribution is -1.99. The van der Waals surface area contributed by atoms with Gasteiger partial charge in [0.05, 0.1) is 10.2 Å². The first kappa shape index (κ1) is 10.1. The van der Waals surface area contributed by atoms with Gasteiger partial charge >= 0.3 is 0 Å². The van der Waals surface area contributed by atoms with Crippen molar-refractivity contribution in [1.29, 1.82) is 0 Å². The summed E-state index contributed by atoms with van der Waals surface area (Å²) < 4.78 is 1.08. The predicted octanol–water partition coefficient (Wildman–Crippen LogP) is 3.09. The van der Waals surface area contributed by atoms with Crippen LogP contribution in [0.15, 0.2) is 17.8 Å². The molecular formula is C12H12N2S. The Bertz CT molecular complexity index is 538. The summed E-state index contributed by atoms with van der Waals surface area (Å²) in [6.07, 6.45) is 1.57. The van der Waals surface area contributed by atoms with E-state index in [0.29, 0.717) is 0 Å². The van der Waals surface area contributed by atoms with E-state index in [4.69, 9.17) is 0 Å². The van der Waals surface area contributed by atoms with Crippen LogP contribution in [-0.2, 0) is 0 Å². The molecule has 0 atom stereocenters. The smallest absolute Gasteiger partial charge is 0.134 e. The second-order valence-electron chi connectivity index (χ2n) is 4.36. The zero-order valence-corrected chi connectivity index (χ0v) is 9.85. The third-order valence-electron chi connectivity index (χ3n) is 1.80. The van der Waals surface area contributed by atoms with Crippen molar-refractivity contribution in [3.63, 3.8) is 0 Å². The van der Waals surface area contributed by atoms with Gasteiger partial charge in [0.2, 0.25) is 0 Å². The Labute approximate surface area is 93.4 Å². The number of aromatic nitrogens is 2. The molecule has 0 saturated carbocycles. The van der Waals surface area contributed by atoms with Crippen LogP contribution in [-0.4, -0.2) is 9.97 Å². The van der Waals surface area contributed by atoms with E-state index in [1.165, 1.54) is 0 Å². The molecule has 0 aromatic carbocycles. The summed E-state index contributed by atoms with van der Waals surface area (Å²) in [6, 6.07) is 1.99. The normalized spacial score (nSPS) is 11.1. The topological polar surface area (TPSA) is 25.8 Å². The number of nitrogens with zero attached hydrogens (tertiary/aromatic N) is 2. The summed E-state index contributed by atoms with van der Waals surface area (Å²) in [5.74, 6) is 6.31. The Morgan fingerprint density at radius 3 is 2.80 bits per heavy atom. The van der Waals surface area contributed by atoms with E-state index in [9.17, 15) is 0 Å². The largest absolute Gasteiger partial charge is 0.235 e. The number of fused-ring (bicyclic) bond motifs is 1. The summed E-state index contributed by atoms with van der Waals surface area (Å²) in [4.78, 5) is 8.39. The summed E-state index contributed by atoms with van der Waals surface area (Å²) in [7, 11) is 0. The average molecular weight is 216 g/mol. The van der Waals surface area contributed by atoms with Crippen molar-refractivity contribution in [3.05, 3.63) is 23.5 Å². The van der Waals surface area contributed by atoms with Gasteiger partial charge in [-0.05, 0) is 38.1 Å². The van der Waals surface area contributed by atoms with Gasteiger partial charge in [0.25, 0.3) is 0 Å². The lowest BCUT2D eigenvalue weighted by molar-refractivity contribution is 0.571. The highest BCUT2D eigenvalue weighted by molar-refractivity contribution is 7.17. The molecule has 0 spiro atoms. The summed E-state index contributed by atoms with van der Waals surface area (Å²) in [5.41, 5.74) is 1.83. The molecular weight excluding hydrogens is 204 g/mol. The molecule has 0 aliphatic rings. The lowest BCUT2D eigenvalue weighted by atomic mass is 9.98. The maximum atomic E-state index is 4.21. The molecule has 2 aromatic rings. The molecule has 2 nitrogen and oxygen atoms in total. The summed E-state index contributed by atoms with van der Waals surface area (Å²) in [5, 5.41) is 2.02. The molecule has 0 bridgehead atoms. The van der Waals surface area contributed by atoms with E-state index in [2.05, 4.69) is 42.6 Å². The van der Waals surface area contributed by atoms with Crippen molar-refractivity contribution in [3.8, 4) is 11.8 Å². The van der Waals surface area contributed by atoms with Crippen LogP contribution >= 0.6 is 11.3 Å². The van der Waals surface area contributed by atoms with Gasteiger partial charge in [-0.25, -0.2) is 9.97 Å². The Kier molecular flexibility index (Phi) is 2.45. The molecule has 2 heterocycles. The maximum Gasteiger partial charge on any atom is 0.134 e. The standard InChI is InChI=1S/C12H12N2S/c1-12(2,3)6-4-9-11-10(5-7-15-11)14-8-13-9/h5,7-8H,1-3H3. The Balaban J connectivity index is 2.51. The molecule has 76 valence electrons. The molecule has 2 aromatic heterocycles. The molecule has 0 aliphatic heterocycles. The summed E-state index contributed by atoms with van der Waals surface area (Å²) >= 11 is 1.64. The van der Waals surface area contributed by atoms with Gasteiger partial charge < -0.3 is 0 Å². The van der Waals surface area contributed by atoms with Gasteiger partial charge in [-0.3, -0.25) is 0 Å². The van der Waals surface area contributed by atoms with Crippen LogP contribution in [0.25, 0.3) is 10.2 Å². The van der Waals surface area contributed by atoms with E-state index in [1.54, 1.807) is 17.7 Å². The van der Waals surface area contributed by atoms with Crippen molar-refractivity contribution >= 4 is 21.6 Å². The minimum absolute atomic E-state index is 0.00847. The Morgan fingerprint density at radius 1 is 1.27 bits per heavy atom. The minimum atomic E-state index is 0.00847. The zero-order valence-electron chi connectivity index (χ0n) is 9.03. The van der Waals surface area contributed by atoms with Gasteiger partial charge in [-0.1, -0.05) is 5.92 Å². The van der Waals surface area contributed by atoms with E-state index >= 15 is 0 Å². The maximum absolute atomic E-state index is 4.21. The molecule has 2 rings (SSSR count). The van der Waals surface area contributed by atoms with E-state index in [1.807, 2.05) is 11.4 Å². The third-order valence-corrected chi connectivity index (χ3v) is 2.71. The first-order valence-electron chi connectivity index (χ1n) is 4.78. The van der Waals surface area contributed by atoms with Crippen LogP contribution < -0.4 is 0 Å². The Hall–Kier alpha value is -1.40. The third kappa shape index (κ3) is 2.34. The number of thiophene rings is 1. The summed E-state index contributed by atoms with van der Waals surface area (Å²) in [6.45, 7) is 6.27. The van der Waals surface area contributed by atoms with E-state index < -0.39 is 0 Å². The lowest BCUT2D eigenvalue weighted by Gasteiger charge is -2.06. The number of hydrogen-bond acceptors (Lipinski definition) is 3. The van der Waals surface area contributed by atoms with Crippen LogP contribution in [0.1, 0.15) is 26.5 Å². The van der Waals surface area contributed by atoms with Crippen molar-refractivity contribution in [2.45, 2.75) is 20.8 Å². The molecule has 15 heavy (non-hydrogen) atoms. The fraction of sp³-hybridized carbons (Fsp3) is 0.333. The van der Waals surface area contributed by atoms with Gasteiger partial charge in [-0.15, -0.1) is 11.3 Å². The van der Waals surface area contributed by atoms with Crippen molar-refractivity contribution in [1.82, 2.24) is 9.97 Å². The average Bonchev–Trinajstić information content (AvgIpc) is 2.61. The first-order chi connectivity index (χ1) is 7.06. The van der Waals surface area contributed by atoms with Gasteiger partial charge in [0.15, 0.2) is 0 Å². The minimum Gasteiger partial charge on any atom is -0.235 e. The predicted molar refractivity (Wildman–Crippen MR) is 63.7 cm³/mol. The highest BCUT2D eigenvalue weighted by atomic mass is 32.1. The highest BCUT2D eigenvalue weighted by Crippen LogP contribution is 2.20. The monoisotopic (exact) mass is 216 g/mol. The van der Waals surface area contributed by atoms with Crippen LogP contribution in [0.5, 0.6) is 0 Å². The number of hydrogen-bond donors (Lipinski definition) is 0. The van der Waals surface area contributed by atoms with Crippen LogP contribution in [0, 0.1) is 17.3 Å². The molecule has 0 amide bonds. The van der Waals surface area contributed by atoms with Gasteiger partial charge in [-0.2, -0.15) is 0 Å². The molecule has 0 saturated heterocycles. The van der Waals surface area contributed by atoms with Crippen molar-refractivity contribution < 1.29 is 0 Å².